The highest BCUT2D eigenvalue weighted by molar-refractivity contribution is 5.42. The van der Waals surface area contributed by atoms with Gasteiger partial charge in [0.05, 0.1) is 24.0 Å². The zero-order chi connectivity index (χ0) is 13.1. The number of ether oxygens (including phenoxy) is 1. The molecule has 0 spiro atoms. The first kappa shape index (κ1) is 12.2. The molecule has 0 amide bonds. The van der Waals surface area contributed by atoms with Crippen LogP contribution in [0.3, 0.4) is 0 Å². The fourth-order valence-electron chi connectivity index (χ4n) is 1.62. The third kappa shape index (κ3) is 2.51. The molecule has 0 saturated carbocycles. The lowest BCUT2D eigenvalue weighted by Crippen LogP contribution is -1.99. The van der Waals surface area contributed by atoms with E-state index in [4.69, 9.17) is 10.00 Å². The molecule has 1 heterocycles. The number of nitrogens with zero attached hydrogens (tertiary/aromatic N) is 3. The standard InChI is InChI=1S/C14H15N3O/c1-10(2)17-9-14(8-16-17)18-13-5-4-12(7-15)11(3)6-13/h4-6,8-10H,1-3H3. The minimum absolute atomic E-state index is 0.310. The van der Waals surface area contributed by atoms with Crippen LogP contribution in [-0.2, 0) is 0 Å². The molecule has 0 fully saturated rings. The molecule has 1 aromatic heterocycles. The highest BCUT2D eigenvalue weighted by Crippen LogP contribution is 2.23. The van der Waals surface area contributed by atoms with Crippen LogP contribution in [-0.4, -0.2) is 9.78 Å². The summed E-state index contributed by atoms with van der Waals surface area (Å²) in [7, 11) is 0. The van der Waals surface area contributed by atoms with Gasteiger partial charge in [0.2, 0.25) is 0 Å². The Morgan fingerprint density at radius 3 is 2.67 bits per heavy atom. The number of aryl methyl sites for hydroxylation is 1. The highest BCUT2D eigenvalue weighted by Gasteiger charge is 2.05. The van der Waals surface area contributed by atoms with Crippen molar-refractivity contribution in [1.29, 1.82) is 5.26 Å². The van der Waals surface area contributed by atoms with Gasteiger partial charge in [0.1, 0.15) is 5.75 Å². The molecule has 4 nitrogen and oxygen atoms in total. The van der Waals surface area contributed by atoms with Crippen LogP contribution in [0.5, 0.6) is 11.5 Å². The molecule has 0 bridgehead atoms. The predicted octanol–water partition coefficient (Wildman–Crippen LogP) is 3.44. The van der Waals surface area contributed by atoms with E-state index in [9.17, 15) is 0 Å². The maximum absolute atomic E-state index is 8.86. The largest absolute Gasteiger partial charge is 0.454 e. The second-order valence-corrected chi connectivity index (χ2v) is 4.44. The van der Waals surface area contributed by atoms with Gasteiger partial charge in [0.15, 0.2) is 5.75 Å². The Bertz CT molecular complexity index is 593. The Kier molecular flexibility index (Phi) is 3.33. The molecule has 4 heteroatoms. The van der Waals surface area contributed by atoms with E-state index in [1.165, 1.54) is 0 Å². The molecular formula is C14H15N3O. The summed E-state index contributed by atoms with van der Waals surface area (Å²) in [5, 5.41) is 13.1. The molecular weight excluding hydrogens is 226 g/mol. The smallest absolute Gasteiger partial charge is 0.165 e. The molecule has 0 aliphatic carbocycles. The van der Waals surface area contributed by atoms with Crippen molar-refractivity contribution < 1.29 is 4.74 Å². The second kappa shape index (κ2) is 4.92. The number of aromatic nitrogens is 2. The molecule has 0 unspecified atom stereocenters. The van der Waals surface area contributed by atoms with Crippen LogP contribution < -0.4 is 4.74 Å². The van der Waals surface area contributed by atoms with Gasteiger partial charge >= 0.3 is 0 Å². The van der Waals surface area contributed by atoms with Gasteiger partial charge < -0.3 is 4.74 Å². The lowest BCUT2D eigenvalue weighted by molar-refractivity contribution is 0.476. The Morgan fingerprint density at radius 1 is 1.33 bits per heavy atom. The van der Waals surface area contributed by atoms with Crippen molar-refractivity contribution in [2.45, 2.75) is 26.8 Å². The van der Waals surface area contributed by atoms with Crippen LogP contribution in [0.1, 0.15) is 31.0 Å². The van der Waals surface area contributed by atoms with E-state index in [1.807, 2.05) is 23.9 Å². The lowest BCUT2D eigenvalue weighted by Gasteiger charge is -2.05. The maximum atomic E-state index is 8.86. The fourth-order valence-corrected chi connectivity index (χ4v) is 1.62. The Hall–Kier alpha value is -2.28. The van der Waals surface area contributed by atoms with Gasteiger partial charge in [-0.15, -0.1) is 0 Å². The van der Waals surface area contributed by atoms with Crippen molar-refractivity contribution in [1.82, 2.24) is 9.78 Å². The topological polar surface area (TPSA) is 50.8 Å². The normalized spacial score (nSPS) is 10.4. The van der Waals surface area contributed by atoms with E-state index >= 15 is 0 Å². The molecule has 18 heavy (non-hydrogen) atoms. The van der Waals surface area contributed by atoms with E-state index in [1.54, 1.807) is 18.3 Å². The van der Waals surface area contributed by atoms with Gasteiger partial charge in [0, 0.05) is 6.04 Å². The minimum atomic E-state index is 0.310. The first-order valence-electron chi connectivity index (χ1n) is 5.83. The molecule has 1 aromatic carbocycles. The third-order valence-electron chi connectivity index (χ3n) is 2.66. The van der Waals surface area contributed by atoms with Crippen molar-refractivity contribution in [3.63, 3.8) is 0 Å². The van der Waals surface area contributed by atoms with Crippen molar-refractivity contribution in [3.8, 4) is 17.6 Å². The Labute approximate surface area is 106 Å². The summed E-state index contributed by atoms with van der Waals surface area (Å²) in [6.45, 7) is 6.01. The molecule has 2 rings (SSSR count). The van der Waals surface area contributed by atoms with Gasteiger partial charge in [-0.3, -0.25) is 4.68 Å². The molecule has 0 saturated heterocycles. The van der Waals surface area contributed by atoms with Gasteiger partial charge in [0.25, 0.3) is 0 Å². The quantitative estimate of drug-likeness (QED) is 0.827. The third-order valence-corrected chi connectivity index (χ3v) is 2.66. The number of hydrogen-bond donors (Lipinski definition) is 0. The summed E-state index contributed by atoms with van der Waals surface area (Å²) < 4.78 is 7.54. The van der Waals surface area contributed by atoms with Crippen LogP contribution >= 0.6 is 0 Å². The van der Waals surface area contributed by atoms with E-state index < -0.39 is 0 Å². The number of hydrogen-bond acceptors (Lipinski definition) is 3. The minimum Gasteiger partial charge on any atom is -0.454 e. The van der Waals surface area contributed by atoms with Crippen LogP contribution in [0.2, 0.25) is 0 Å². The van der Waals surface area contributed by atoms with E-state index in [0.29, 0.717) is 17.4 Å². The summed E-state index contributed by atoms with van der Waals surface area (Å²) in [5.41, 5.74) is 1.58. The van der Waals surface area contributed by atoms with Crippen LogP contribution in [0.4, 0.5) is 0 Å². The highest BCUT2D eigenvalue weighted by atomic mass is 16.5. The van der Waals surface area contributed by atoms with Crippen molar-refractivity contribution in [2.24, 2.45) is 0 Å². The maximum Gasteiger partial charge on any atom is 0.165 e. The fraction of sp³-hybridized carbons (Fsp3) is 0.286. The first-order chi connectivity index (χ1) is 8.60. The summed E-state index contributed by atoms with van der Waals surface area (Å²) >= 11 is 0. The summed E-state index contributed by atoms with van der Waals surface area (Å²) in [4.78, 5) is 0. The van der Waals surface area contributed by atoms with Gasteiger partial charge in [-0.05, 0) is 44.5 Å². The molecule has 0 radical (unpaired) electrons. The van der Waals surface area contributed by atoms with Crippen molar-refractivity contribution >= 4 is 0 Å². The number of benzene rings is 1. The Balaban J connectivity index is 2.18. The van der Waals surface area contributed by atoms with Crippen LogP contribution in [0, 0.1) is 18.3 Å². The summed E-state index contributed by atoms with van der Waals surface area (Å²) in [5.74, 6) is 1.42. The monoisotopic (exact) mass is 241 g/mol. The van der Waals surface area contributed by atoms with Crippen molar-refractivity contribution in [2.75, 3.05) is 0 Å². The van der Waals surface area contributed by atoms with Gasteiger partial charge in [-0.1, -0.05) is 0 Å². The molecule has 92 valence electrons. The van der Waals surface area contributed by atoms with E-state index in [-0.39, 0.29) is 0 Å². The number of rotatable bonds is 3. The average molecular weight is 241 g/mol. The van der Waals surface area contributed by atoms with Crippen molar-refractivity contribution in [3.05, 3.63) is 41.7 Å². The Morgan fingerprint density at radius 2 is 2.11 bits per heavy atom. The predicted molar refractivity (Wildman–Crippen MR) is 68.6 cm³/mol. The molecule has 0 aliphatic rings. The summed E-state index contributed by atoms with van der Waals surface area (Å²) in [6, 6.07) is 7.85. The van der Waals surface area contributed by atoms with Crippen LogP contribution in [0.15, 0.2) is 30.6 Å². The van der Waals surface area contributed by atoms with Crippen LogP contribution in [0.25, 0.3) is 0 Å². The van der Waals surface area contributed by atoms with E-state index in [2.05, 4.69) is 25.0 Å². The SMILES string of the molecule is Cc1cc(Oc2cnn(C(C)C)c2)ccc1C#N. The lowest BCUT2D eigenvalue weighted by atomic mass is 10.1. The molecule has 2 aromatic rings. The molecule has 0 atom stereocenters. The zero-order valence-corrected chi connectivity index (χ0v) is 10.7. The summed E-state index contributed by atoms with van der Waals surface area (Å²) in [6.07, 6.45) is 3.55. The van der Waals surface area contributed by atoms with Gasteiger partial charge in [-0.2, -0.15) is 10.4 Å². The average Bonchev–Trinajstić information content (AvgIpc) is 2.78. The number of nitriles is 1. The zero-order valence-electron chi connectivity index (χ0n) is 10.7. The van der Waals surface area contributed by atoms with E-state index in [0.717, 1.165) is 11.3 Å². The second-order valence-electron chi connectivity index (χ2n) is 4.44. The molecule has 0 N–H and O–H groups in total. The molecule has 0 aliphatic heterocycles. The van der Waals surface area contributed by atoms with Gasteiger partial charge in [-0.25, -0.2) is 0 Å². The first-order valence-corrected chi connectivity index (χ1v) is 5.83.